The Morgan fingerprint density at radius 3 is 2.32 bits per heavy atom. The molecule has 2 heterocycles. The van der Waals surface area contributed by atoms with Crippen molar-refractivity contribution in [1.29, 1.82) is 0 Å². The molecule has 0 fully saturated rings. The predicted octanol–water partition coefficient (Wildman–Crippen LogP) is 3.16. The van der Waals surface area contributed by atoms with Crippen molar-refractivity contribution in [3.8, 4) is 16.8 Å². The van der Waals surface area contributed by atoms with Crippen LogP contribution in [0.25, 0.3) is 16.8 Å². The first-order chi connectivity index (χ1) is 10.5. The lowest BCUT2D eigenvalue weighted by Crippen LogP contribution is -2.20. The van der Waals surface area contributed by atoms with Gasteiger partial charge in [0.1, 0.15) is 0 Å². The van der Waals surface area contributed by atoms with Gasteiger partial charge in [0.15, 0.2) is 0 Å². The third kappa shape index (κ3) is 2.26. The van der Waals surface area contributed by atoms with Gasteiger partial charge in [0, 0.05) is 30.3 Å². The standard InChI is InChI=1S/C18H19N3O/c1-12-5-8-15(16-9-10-19-20(4)18(16)22)11-17(12)21-13(2)6-7-14(21)3/h5-11H,1-4H3. The number of hydrogen-bond acceptors (Lipinski definition) is 2. The monoisotopic (exact) mass is 293 g/mol. The molecule has 4 heteroatoms. The van der Waals surface area contributed by atoms with Crippen molar-refractivity contribution in [2.75, 3.05) is 0 Å². The highest BCUT2D eigenvalue weighted by atomic mass is 16.1. The molecule has 0 bridgehead atoms. The summed E-state index contributed by atoms with van der Waals surface area (Å²) < 4.78 is 3.57. The Kier molecular flexibility index (Phi) is 3.45. The molecule has 112 valence electrons. The van der Waals surface area contributed by atoms with E-state index in [1.807, 2.05) is 6.07 Å². The SMILES string of the molecule is Cc1ccc(-c2ccnn(C)c2=O)cc1-n1c(C)ccc1C. The van der Waals surface area contributed by atoms with Crippen LogP contribution in [-0.4, -0.2) is 14.3 Å². The molecule has 0 amide bonds. The van der Waals surface area contributed by atoms with Crippen molar-refractivity contribution in [2.45, 2.75) is 20.8 Å². The zero-order chi connectivity index (χ0) is 15.9. The normalized spacial score (nSPS) is 10.9. The highest BCUT2D eigenvalue weighted by molar-refractivity contribution is 5.66. The van der Waals surface area contributed by atoms with Crippen LogP contribution in [0.2, 0.25) is 0 Å². The smallest absolute Gasteiger partial charge is 0.274 e. The molecular formula is C18H19N3O. The van der Waals surface area contributed by atoms with Gasteiger partial charge in [-0.3, -0.25) is 4.79 Å². The van der Waals surface area contributed by atoms with Gasteiger partial charge in [0.2, 0.25) is 0 Å². The van der Waals surface area contributed by atoms with Crippen LogP contribution in [0.15, 0.2) is 47.4 Å². The first kappa shape index (κ1) is 14.3. The minimum Gasteiger partial charge on any atom is -0.318 e. The lowest BCUT2D eigenvalue weighted by molar-refractivity contribution is 0.709. The van der Waals surface area contributed by atoms with Gasteiger partial charge in [-0.05, 0) is 56.2 Å². The fourth-order valence-electron chi connectivity index (χ4n) is 2.79. The second-order valence-electron chi connectivity index (χ2n) is 5.63. The van der Waals surface area contributed by atoms with E-state index < -0.39 is 0 Å². The molecule has 0 saturated heterocycles. The predicted molar refractivity (Wildman–Crippen MR) is 88.5 cm³/mol. The lowest BCUT2D eigenvalue weighted by atomic mass is 10.0. The van der Waals surface area contributed by atoms with E-state index in [-0.39, 0.29) is 5.56 Å². The largest absolute Gasteiger partial charge is 0.318 e. The summed E-state index contributed by atoms with van der Waals surface area (Å²) >= 11 is 0. The summed E-state index contributed by atoms with van der Waals surface area (Å²) in [5.74, 6) is 0. The molecule has 4 nitrogen and oxygen atoms in total. The second kappa shape index (κ2) is 5.30. The fraction of sp³-hybridized carbons (Fsp3) is 0.222. The zero-order valence-electron chi connectivity index (χ0n) is 13.3. The molecule has 0 radical (unpaired) electrons. The number of benzene rings is 1. The molecule has 0 aliphatic heterocycles. The molecule has 0 aliphatic carbocycles. The van der Waals surface area contributed by atoms with Gasteiger partial charge in [-0.2, -0.15) is 5.10 Å². The highest BCUT2D eigenvalue weighted by Crippen LogP contribution is 2.25. The molecule has 0 aliphatic rings. The van der Waals surface area contributed by atoms with Crippen LogP contribution < -0.4 is 5.56 Å². The third-order valence-corrected chi connectivity index (χ3v) is 4.04. The van der Waals surface area contributed by atoms with Crippen LogP contribution >= 0.6 is 0 Å². The summed E-state index contributed by atoms with van der Waals surface area (Å²) in [5, 5.41) is 3.98. The first-order valence-electron chi connectivity index (χ1n) is 7.27. The number of aryl methyl sites for hydroxylation is 4. The Morgan fingerprint density at radius 2 is 1.64 bits per heavy atom. The maximum Gasteiger partial charge on any atom is 0.274 e. The van der Waals surface area contributed by atoms with Crippen LogP contribution in [0.3, 0.4) is 0 Å². The van der Waals surface area contributed by atoms with Crippen molar-refractivity contribution < 1.29 is 0 Å². The summed E-state index contributed by atoms with van der Waals surface area (Å²) in [6, 6.07) is 12.1. The van der Waals surface area contributed by atoms with Crippen LogP contribution in [0.1, 0.15) is 17.0 Å². The Labute approximate surface area is 129 Å². The number of aromatic nitrogens is 3. The first-order valence-corrected chi connectivity index (χ1v) is 7.27. The van der Waals surface area contributed by atoms with Crippen LogP contribution in [0.5, 0.6) is 0 Å². The average Bonchev–Trinajstić information content (AvgIpc) is 2.82. The van der Waals surface area contributed by atoms with Crippen LogP contribution in [0, 0.1) is 20.8 Å². The van der Waals surface area contributed by atoms with Gasteiger partial charge in [0.25, 0.3) is 5.56 Å². The molecule has 1 aromatic carbocycles. The molecular weight excluding hydrogens is 274 g/mol. The van der Waals surface area contributed by atoms with Crippen LogP contribution in [-0.2, 0) is 7.05 Å². The fourth-order valence-corrected chi connectivity index (χ4v) is 2.79. The summed E-state index contributed by atoms with van der Waals surface area (Å²) in [6.07, 6.45) is 1.66. The molecule has 0 spiro atoms. The summed E-state index contributed by atoms with van der Waals surface area (Å²) in [6.45, 7) is 6.26. The van der Waals surface area contributed by atoms with Gasteiger partial charge < -0.3 is 4.57 Å². The van der Waals surface area contributed by atoms with Crippen molar-refractivity contribution in [2.24, 2.45) is 7.05 Å². The van der Waals surface area contributed by atoms with E-state index in [9.17, 15) is 4.79 Å². The maximum atomic E-state index is 12.3. The van der Waals surface area contributed by atoms with E-state index in [4.69, 9.17) is 0 Å². The second-order valence-corrected chi connectivity index (χ2v) is 5.63. The molecule has 2 aromatic heterocycles. The Bertz CT molecular complexity index is 883. The number of hydrogen-bond donors (Lipinski definition) is 0. The van der Waals surface area contributed by atoms with Crippen molar-refractivity contribution in [3.63, 3.8) is 0 Å². The summed E-state index contributed by atoms with van der Waals surface area (Å²) in [5.41, 5.74) is 6.14. The molecule has 0 saturated carbocycles. The molecule has 3 rings (SSSR count). The molecule has 0 atom stereocenters. The van der Waals surface area contributed by atoms with E-state index in [2.05, 4.69) is 54.7 Å². The zero-order valence-corrected chi connectivity index (χ0v) is 13.3. The quantitative estimate of drug-likeness (QED) is 0.728. The van der Waals surface area contributed by atoms with Gasteiger partial charge in [-0.25, -0.2) is 4.68 Å². The van der Waals surface area contributed by atoms with E-state index >= 15 is 0 Å². The van der Waals surface area contributed by atoms with Gasteiger partial charge in [0.05, 0.1) is 5.56 Å². The molecule has 3 aromatic rings. The maximum absolute atomic E-state index is 12.3. The Balaban J connectivity index is 2.24. The van der Waals surface area contributed by atoms with Crippen molar-refractivity contribution in [3.05, 3.63) is 69.9 Å². The Hall–Kier alpha value is -2.62. The van der Waals surface area contributed by atoms with Crippen molar-refractivity contribution >= 4 is 0 Å². The van der Waals surface area contributed by atoms with E-state index in [1.165, 1.54) is 21.6 Å². The van der Waals surface area contributed by atoms with Crippen molar-refractivity contribution in [1.82, 2.24) is 14.3 Å². The summed E-state index contributed by atoms with van der Waals surface area (Å²) in [4.78, 5) is 12.3. The van der Waals surface area contributed by atoms with Crippen LogP contribution in [0.4, 0.5) is 0 Å². The van der Waals surface area contributed by atoms with E-state index in [0.29, 0.717) is 5.56 Å². The Morgan fingerprint density at radius 1 is 0.955 bits per heavy atom. The molecule has 22 heavy (non-hydrogen) atoms. The number of rotatable bonds is 2. The minimum absolute atomic E-state index is 0.0850. The lowest BCUT2D eigenvalue weighted by Gasteiger charge is -2.14. The molecule has 0 unspecified atom stereocenters. The third-order valence-electron chi connectivity index (χ3n) is 4.04. The minimum atomic E-state index is -0.0850. The number of nitrogens with zero attached hydrogens (tertiary/aromatic N) is 3. The molecule has 0 N–H and O–H groups in total. The average molecular weight is 293 g/mol. The van der Waals surface area contributed by atoms with Gasteiger partial charge in [-0.15, -0.1) is 0 Å². The topological polar surface area (TPSA) is 39.8 Å². The van der Waals surface area contributed by atoms with E-state index in [1.54, 1.807) is 19.3 Å². The van der Waals surface area contributed by atoms with Gasteiger partial charge >= 0.3 is 0 Å². The van der Waals surface area contributed by atoms with E-state index in [0.717, 1.165) is 11.3 Å². The summed E-state index contributed by atoms with van der Waals surface area (Å²) in [7, 11) is 1.67. The highest BCUT2D eigenvalue weighted by Gasteiger charge is 2.11. The van der Waals surface area contributed by atoms with Gasteiger partial charge in [-0.1, -0.05) is 12.1 Å².